The highest BCUT2D eigenvalue weighted by molar-refractivity contribution is 5.74. The summed E-state index contributed by atoms with van der Waals surface area (Å²) >= 11 is 0. The first kappa shape index (κ1) is 24.6. The van der Waals surface area contributed by atoms with Gasteiger partial charge in [-0.25, -0.2) is 0 Å². The smallest absolute Gasteiger partial charge is 0.219 e. The van der Waals surface area contributed by atoms with Crippen LogP contribution in [0.5, 0.6) is 0 Å². The van der Waals surface area contributed by atoms with Crippen LogP contribution in [0.1, 0.15) is 47.8 Å². The summed E-state index contributed by atoms with van der Waals surface area (Å²) in [6.07, 6.45) is 0.899. The van der Waals surface area contributed by atoms with E-state index in [0.29, 0.717) is 12.1 Å². The van der Waals surface area contributed by atoms with E-state index in [-0.39, 0.29) is 5.91 Å². The van der Waals surface area contributed by atoms with Crippen LogP contribution < -0.4 is 0 Å². The van der Waals surface area contributed by atoms with Crippen molar-refractivity contribution in [3.05, 3.63) is 70.8 Å². The summed E-state index contributed by atoms with van der Waals surface area (Å²) in [5, 5.41) is 0. The van der Waals surface area contributed by atoms with Crippen LogP contribution in [-0.2, 0) is 24.4 Å². The van der Waals surface area contributed by atoms with Gasteiger partial charge < -0.3 is 4.90 Å². The number of carbonyl (C=O) groups excluding carboxylic acids is 2. The van der Waals surface area contributed by atoms with Crippen molar-refractivity contribution < 1.29 is 9.59 Å². The summed E-state index contributed by atoms with van der Waals surface area (Å²) in [7, 11) is 0. The second kappa shape index (κ2) is 11.3. The molecule has 0 N–H and O–H groups in total. The van der Waals surface area contributed by atoms with E-state index in [2.05, 4.69) is 64.9 Å². The zero-order valence-electron chi connectivity index (χ0n) is 20.8. The number of amides is 1. The standard InChI is InChI=1S/C28H38N4O2/c1-22-16-30(19-26-8-10-28(21-33)11-9-26)17-23(2)32(22)20-27-6-4-25(5-7-27)18-29-12-14-31(15-13-29)24(3)34/h4-11,21-23H,12-20H2,1-3H3. The Labute approximate surface area is 204 Å². The fourth-order valence-corrected chi connectivity index (χ4v) is 5.31. The van der Waals surface area contributed by atoms with E-state index in [0.717, 1.165) is 70.8 Å². The molecule has 2 saturated heterocycles. The number of carbonyl (C=O) groups is 2. The van der Waals surface area contributed by atoms with Crippen molar-refractivity contribution in [2.45, 2.75) is 52.5 Å². The normalized spacial score (nSPS) is 22.6. The highest BCUT2D eigenvalue weighted by Gasteiger charge is 2.29. The predicted molar refractivity (Wildman–Crippen MR) is 136 cm³/mol. The molecule has 34 heavy (non-hydrogen) atoms. The Morgan fingerprint density at radius 2 is 1.24 bits per heavy atom. The van der Waals surface area contributed by atoms with Crippen LogP contribution in [0, 0.1) is 0 Å². The molecule has 0 bridgehead atoms. The minimum Gasteiger partial charge on any atom is -0.340 e. The quantitative estimate of drug-likeness (QED) is 0.591. The van der Waals surface area contributed by atoms with Gasteiger partial charge in [-0.2, -0.15) is 0 Å². The van der Waals surface area contributed by atoms with Gasteiger partial charge in [-0.15, -0.1) is 0 Å². The highest BCUT2D eigenvalue weighted by Crippen LogP contribution is 2.21. The van der Waals surface area contributed by atoms with Crippen LogP contribution >= 0.6 is 0 Å². The number of nitrogens with zero attached hydrogens (tertiary/aromatic N) is 4. The van der Waals surface area contributed by atoms with E-state index >= 15 is 0 Å². The molecule has 6 heteroatoms. The van der Waals surface area contributed by atoms with Gasteiger partial charge in [0.2, 0.25) is 5.91 Å². The van der Waals surface area contributed by atoms with Crippen molar-refractivity contribution in [3.8, 4) is 0 Å². The predicted octanol–water partition coefficient (Wildman–Crippen LogP) is 3.26. The van der Waals surface area contributed by atoms with Crippen molar-refractivity contribution >= 4 is 12.2 Å². The maximum atomic E-state index is 11.5. The molecule has 2 atom stereocenters. The molecule has 0 aromatic heterocycles. The third kappa shape index (κ3) is 6.32. The van der Waals surface area contributed by atoms with Crippen LogP contribution in [0.2, 0.25) is 0 Å². The van der Waals surface area contributed by atoms with Gasteiger partial charge in [0.05, 0.1) is 0 Å². The summed E-state index contributed by atoms with van der Waals surface area (Å²) in [6, 6.07) is 18.0. The molecular weight excluding hydrogens is 424 g/mol. The van der Waals surface area contributed by atoms with Crippen molar-refractivity contribution in [3.63, 3.8) is 0 Å². The molecule has 2 aromatic rings. The van der Waals surface area contributed by atoms with Crippen LogP contribution in [0.3, 0.4) is 0 Å². The average Bonchev–Trinajstić information content (AvgIpc) is 2.83. The molecule has 1 amide bonds. The maximum absolute atomic E-state index is 11.5. The lowest BCUT2D eigenvalue weighted by Gasteiger charge is -2.44. The Hall–Kier alpha value is -2.54. The van der Waals surface area contributed by atoms with Crippen LogP contribution in [0.15, 0.2) is 48.5 Å². The molecule has 4 rings (SSSR count). The molecule has 0 saturated carbocycles. The number of benzene rings is 2. The monoisotopic (exact) mass is 462 g/mol. The van der Waals surface area contributed by atoms with E-state index in [9.17, 15) is 9.59 Å². The molecule has 2 aliphatic heterocycles. The first-order valence-electron chi connectivity index (χ1n) is 12.5. The molecule has 0 spiro atoms. The van der Waals surface area contributed by atoms with Gasteiger partial charge in [0.25, 0.3) is 0 Å². The molecule has 0 aliphatic carbocycles. The summed E-state index contributed by atoms with van der Waals surface area (Å²) in [6.45, 7) is 14.8. The third-order valence-electron chi connectivity index (χ3n) is 7.31. The minimum atomic E-state index is 0.182. The average molecular weight is 463 g/mol. The van der Waals surface area contributed by atoms with E-state index in [1.165, 1.54) is 16.7 Å². The summed E-state index contributed by atoms with van der Waals surface area (Å²) in [4.78, 5) is 31.9. The second-order valence-corrected chi connectivity index (χ2v) is 10.0. The fourth-order valence-electron chi connectivity index (χ4n) is 5.31. The Bertz CT molecular complexity index is 939. The van der Waals surface area contributed by atoms with Crippen LogP contribution in [-0.4, -0.2) is 83.1 Å². The molecule has 0 radical (unpaired) electrons. The van der Waals surface area contributed by atoms with E-state index in [4.69, 9.17) is 0 Å². The SMILES string of the molecule is CC(=O)N1CCN(Cc2ccc(CN3C(C)CN(Cc4ccc(C=O)cc4)CC3C)cc2)CC1. The third-order valence-corrected chi connectivity index (χ3v) is 7.31. The van der Waals surface area contributed by atoms with E-state index in [1.54, 1.807) is 6.92 Å². The van der Waals surface area contributed by atoms with Gasteiger partial charge >= 0.3 is 0 Å². The molecule has 2 aromatic carbocycles. The van der Waals surface area contributed by atoms with Gasteiger partial charge in [0, 0.05) is 83.5 Å². The molecule has 2 aliphatic rings. The highest BCUT2D eigenvalue weighted by atomic mass is 16.2. The fraction of sp³-hybridized carbons (Fsp3) is 0.500. The van der Waals surface area contributed by atoms with Gasteiger partial charge in [-0.3, -0.25) is 24.3 Å². The number of piperazine rings is 2. The first-order chi connectivity index (χ1) is 16.4. The molecule has 2 unspecified atom stereocenters. The summed E-state index contributed by atoms with van der Waals surface area (Å²) < 4.78 is 0. The molecular formula is C28H38N4O2. The van der Waals surface area contributed by atoms with Gasteiger partial charge in [0.15, 0.2) is 0 Å². The van der Waals surface area contributed by atoms with Gasteiger partial charge in [0.1, 0.15) is 6.29 Å². The number of aldehydes is 1. The zero-order chi connectivity index (χ0) is 24.1. The van der Waals surface area contributed by atoms with Crippen LogP contribution in [0.25, 0.3) is 0 Å². The van der Waals surface area contributed by atoms with Crippen molar-refractivity contribution in [2.24, 2.45) is 0 Å². The van der Waals surface area contributed by atoms with Crippen molar-refractivity contribution in [1.82, 2.24) is 19.6 Å². The van der Waals surface area contributed by atoms with E-state index in [1.807, 2.05) is 17.0 Å². The Morgan fingerprint density at radius 1 is 0.765 bits per heavy atom. The Kier molecular flexibility index (Phi) is 8.14. The van der Waals surface area contributed by atoms with Crippen molar-refractivity contribution in [2.75, 3.05) is 39.3 Å². The van der Waals surface area contributed by atoms with E-state index < -0.39 is 0 Å². The number of rotatable bonds is 7. The second-order valence-electron chi connectivity index (χ2n) is 10.0. The lowest BCUT2D eigenvalue weighted by atomic mass is 10.0. The number of hydrogen-bond donors (Lipinski definition) is 0. The molecule has 2 fully saturated rings. The number of hydrogen-bond acceptors (Lipinski definition) is 5. The maximum Gasteiger partial charge on any atom is 0.219 e. The lowest BCUT2D eigenvalue weighted by Crippen LogP contribution is -2.55. The summed E-state index contributed by atoms with van der Waals surface area (Å²) in [5.74, 6) is 0.182. The summed E-state index contributed by atoms with van der Waals surface area (Å²) in [5.41, 5.74) is 4.70. The lowest BCUT2D eigenvalue weighted by molar-refractivity contribution is -0.130. The van der Waals surface area contributed by atoms with Gasteiger partial charge in [-0.1, -0.05) is 48.5 Å². The Balaban J connectivity index is 1.27. The largest absolute Gasteiger partial charge is 0.340 e. The molecule has 2 heterocycles. The zero-order valence-corrected chi connectivity index (χ0v) is 20.8. The van der Waals surface area contributed by atoms with Crippen LogP contribution in [0.4, 0.5) is 0 Å². The minimum absolute atomic E-state index is 0.182. The Morgan fingerprint density at radius 3 is 1.74 bits per heavy atom. The molecule has 182 valence electrons. The van der Waals surface area contributed by atoms with Gasteiger partial charge in [-0.05, 0) is 30.5 Å². The first-order valence-corrected chi connectivity index (χ1v) is 12.5. The van der Waals surface area contributed by atoms with Crippen molar-refractivity contribution in [1.29, 1.82) is 0 Å². The topological polar surface area (TPSA) is 47.1 Å². The molecule has 6 nitrogen and oxygen atoms in total.